The quantitative estimate of drug-likeness (QED) is 0.125. The Labute approximate surface area is 259 Å². The first-order chi connectivity index (χ1) is 21.2. The molecule has 12 nitrogen and oxygen atoms in total. The smallest absolute Gasteiger partial charge is 0.380 e. The summed E-state index contributed by atoms with van der Waals surface area (Å²) in [5.41, 5.74) is 6.66. The lowest BCUT2D eigenvalue weighted by molar-refractivity contribution is -0.154. The van der Waals surface area contributed by atoms with Crippen molar-refractivity contribution in [2.75, 3.05) is 18.5 Å². The van der Waals surface area contributed by atoms with Gasteiger partial charge >= 0.3 is 13.6 Å². The number of hydrogen-bond acceptors (Lipinski definition) is 11. The van der Waals surface area contributed by atoms with Gasteiger partial charge in [0.2, 0.25) is 5.28 Å². The van der Waals surface area contributed by atoms with Crippen molar-refractivity contribution in [3.63, 3.8) is 0 Å². The second-order valence-corrected chi connectivity index (χ2v) is 13.7. The molecule has 0 radical (unpaired) electrons. The summed E-state index contributed by atoms with van der Waals surface area (Å²) in [4.78, 5) is 25.6. The third-order valence-electron chi connectivity index (χ3n) is 8.11. The van der Waals surface area contributed by atoms with E-state index in [2.05, 4.69) is 15.0 Å². The van der Waals surface area contributed by atoms with E-state index in [4.69, 9.17) is 35.9 Å². The monoisotopic (exact) mass is 643 g/mol. The van der Waals surface area contributed by atoms with Crippen LogP contribution in [0.4, 0.5) is 5.82 Å². The van der Waals surface area contributed by atoms with Crippen molar-refractivity contribution in [2.45, 2.75) is 70.0 Å². The first-order valence-electron chi connectivity index (χ1n) is 14.8. The van der Waals surface area contributed by atoms with Crippen LogP contribution in [0.1, 0.15) is 51.7 Å². The average molecular weight is 644 g/mol. The van der Waals surface area contributed by atoms with Crippen molar-refractivity contribution in [1.82, 2.24) is 19.5 Å². The number of hydrogen-bond donors (Lipinski definition) is 2. The van der Waals surface area contributed by atoms with Crippen LogP contribution in [0.5, 0.6) is 5.75 Å². The van der Waals surface area contributed by atoms with E-state index >= 15 is 0 Å². The molecule has 14 heteroatoms. The van der Waals surface area contributed by atoms with Crippen molar-refractivity contribution in [3.05, 3.63) is 54.1 Å². The largest absolute Gasteiger partial charge is 0.462 e. The lowest BCUT2D eigenvalue weighted by atomic mass is 9.98. The molecular formula is C30H35ClN5O7P. The summed E-state index contributed by atoms with van der Waals surface area (Å²) < 4.78 is 40.7. The molecule has 0 amide bonds. The Morgan fingerprint density at radius 1 is 1.18 bits per heavy atom. The molecule has 3 heterocycles. The predicted octanol–water partition coefficient (Wildman–Crippen LogP) is 5.66. The highest BCUT2D eigenvalue weighted by molar-refractivity contribution is 7.54. The van der Waals surface area contributed by atoms with Crippen LogP contribution in [-0.2, 0) is 23.4 Å². The van der Waals surface area contributed by atoms with E-state index in [1.54, 1.807) is 23.6 Å². The van der Waals surface area contributed by atoms with Crippen LogP contribution in [-0.4, -0.2) is 61.7 Å². The molecule has 2 aromatic heterocycles. The molecule has 1 saturated heterocycles. The first-order valence-corrected chi connectivity index (χ1v) is 16.9. The molecule has 6 rings (SSSR count). The summed E-state index contributed by atoms with van der Waals surface area (Å²) in [6.07, 6.45) is 3.67. The summed E-state index contributed by atoms with van der Waals surface area (Å²) in [5, 5.41) is 11.8. The van der Waals surface area contributed by atoms with Gasteiger partial charge in [0.1, 0.15) is 35.8 Å². The number of benzene rings is 2. The van der Waals surface area contributed by atoms with E-state index < -0.39 is 44.5 Å². The number of esters is 1. The fourth-order valence-corrected chi connectivity index (χ4v) is 8.16. The maximum absolute atomic E-state index is 14.7. The zero-order valence-electron chi connectivity index (χ0n) is 24.3. The number of anilines is 1. The number of fused-ring (bicyclic) bond motifs is 2. The normalized spacial score (nSPS) is 23.0. The maximum atomic E-state index is 14.7. The number of aromatic nitrogens is 4. The van der Waals surface area contributed by atoms with Gasteiger partial charge in [0.05, 0.1) is 25.0 Å². The minimum Gasteiger partial charge on any atom is -0.462 e. The molecule has 0 bridgehead atoms. The summed E-state index contributed by atoms with van der Waals surface area (Å²) >= 11 is 6.05. The second kappa shape index (κ2) is 13.0. The van der Waals surface area contributed by atoms with Crippen LogP contribution >= 0.6 is 19.2 Å². The Bertz CT molecular complexity index is 1690. The van der Waals surface area contributed by atoms with E-state index in [0.29, 0.717) is 16.9 Å². The Kier molecular flexibility index (Phi) is 9.07. The molecule has 4 aromatic rings. The maximum Gasteiger partial charge on any atom is 0.380 e. The second-order valence-electron chi connectivity index (χ2n) is 11.4. The number of rotatable bonds is 10. The van der Waals surface area contributed by atoms with Gasteiger partial charge in [-0.05, 0) is 48.7 Å². The van der Waals surface area contributed by atoms with Crippen molar-refractivity contribution >= 4 is 52.9 Å². The van der Waals surface area contributed by atoms with Crippen LogP contribution in [0.3, 0.4) is 0 Å². The van der Waals surface area contributed by atoms with Gasteiger partial charge in [-0.3, -0.25) is 13.9 Å². The van der Waals surface area contributed by atoms with Crippen LogP contribution < -0.4 is 10.3 Å². The highest BCUT2D eigenvalue weighted by atomic mass is 35.5. The number of nitrogen functional groups attached to an aromatic ring is 1. The van der Waals surface area contributed by atoms with E-state index in [1.165, 1.54) is 6.33 Å². The van der Waals surface area contributed by atoms with E-state index in [-0.39, 0.29) is 29.8 Å². The summed E-state index contributed by atoms with van der Waals surface area (Å²) in [7, 11) is -4.06. The van der Waals surface area contributed by atoms with E-state index in [9.17, 15) is 14.5 Å². The molecule has 0 spiro atoms. The Morgan fingerprint density at radius 2 is 1.95 bits per heavy atom. The van der Waals surface area contributed by atoms with Gasteiger partial charge in [0.25, 0.3) is 0 Å². The molecule has 1 aliphatic carbocycles. The minimum absolute atomic E-state index is 0.0525. The number of carbonyl (C=O) groups excluding carboxylic acids is 1. The van der Waals surface area contributed by atoms with Gasteiger partial charge in [-0.15, -0.1) is 0 Å². The zero-order valence-corrected chi connectivity index (χ0v) is 25.9. The summed E-state index contributed by atoms with van der Waals surface area (Å²) in [6.45, 7) is 1.25. The van der Waals surface area contributed by atoms with Gasteiger partial charge in [0, 0.05) is 11.8 Å². The molecule has 1 aliphatic heterocycles. The molecule has 3 N–H and O–H groups in total. The molecule has 1 saturated carbocycles. The van der Waals surface area contributed by atoms with Crippen molar-refractivity contribution in [3.8, 4) is 5.75 Å². The number of ether oxygens (including phenoxy) is 2. The van der Waals surface area contributed by atoms with Crippen molar-refractivity contribution in [2.24, 2.45) is 5.92 Å². The van der Waals surface area contributed by atoms with Gasteiger partial charge in [0.15, 0.2) is 11.5 Å². The fraction of sp³-hybridized carbons (Fsp3) is 0.467. The highest BCUT2D eigenvalue weighted by Gasteiger charge is 2.44. The molecule has 5 atom stereocenters. The average Bonchev–Trinajstić information content (AvgIpc) is 3.61. The van der Waals surface area contributed by atoms with Gasteiger partial charge in [-0.2, -0.15) is 9.97 Å². The topological polar surface area (TPSA) is 161 Å². The fourth-order valence-electron chi connectivity index (χ4n) is 5.87. The highest BCUT2D eigenvalue weighted by Crippen LogP contribution is 2.54. The number of imidazole rings is 1. The minimum atomic E-state index is -4.06. The lowest BCUT2D eigenvalue weighted by Gasteiger charge is -2.28. The van der Waals surface area contributed by atoms with Crippen LogP contribution in [0.25, 0.3) is 21.9 Å². The van der Waals surface area contributed by atoms with Gasteiger partial charge < -0.3 is 24.8 Å². The van der Waals surface area contributed by atoms with Crippen molar-refractivity contribution in [1.29, 1.82) is 0 Å². The molecule has 2 aliphatic rings. The Hall–Kier alpha value is -3.28. The number of aliphatic hydroxyl groups is 1. The number of halogens is 1. The molecular weight excluding hydrogens is 609 g/mol. The van der Waals surface area contributed by atoms with Crippen molar-refractivity contribution < 1.29 is 33.0 Å². The summed E-state index contributed by atoms with van der Waals surface area (Å²) in [6, 6.07) is 13.0. The third kappa shape index (κ3) is 6.55. The predicted molar refractivity (Wildman–Crippen MR) is 164 cm³/mol. The van der Waals surface area contributed by atoms with E-state index in [0.717, 1.165) is 42.9 Å². The zero-order chi connectivity index (χ0) is 30.8. The van der Waals surface area contributed by atoms with Crippen LogP contribution in [0.2, 0.25) is 5.28 Å². The summed E-state index contributed by atoms with van der Waals surface area (Å²) in [5.74, 6) is -0.744. The van der Waals surface area contributed by atoms with E-state index in [1.807, 2.05) is 30.3 Å². The lowest BCUT2D eigenvalue weighted by Crippen LogP contribution is -2.30. The molecule has 2 unspecified atom stereocenters. The Morgan fingerprint density at radius 3 is 2.75 bits per heavy atom. The third-order valence-corrected chi connectivity index (χ3v) is 10.3. The van der Waals surface area contributed by atoms with Crippen LogP contribution in [0, 0.1) is 5.92 Å². The number of carbonyl (C=O) groups is 1. The molecule has 234 valence electrons. The molecule has 2 fully saturated rings. The standard InChI is InChI=1S/C30H35ClN5O7P/c1-18(29(38)40-20-10-3-2-4-11-20)16-44(39,42-22-13-7-9-19-8-5-6-12-21(19)22)43-23-14-25(41-24(23)15-37)36-17-33-26-27(32)34-30(31)35-28(26)36/h5-9,12-13,17-18,20,23-25,37H,2-4,10-11,14-16H2,1H3,(H2,32,34,35)/t18-,23?,24-,25-,44?/m1/s1. The number of aliphatic hydroxyl groups excluding tert-OH is 1. The van der Waals surface area contributed by atoms with Crippen LogP contribution in [0.15, 0.2) is 48.8 Å². The SMILES string of the molecule is C[C@H](CP(=O)(Oc1cccc2ccccc12)OC1C[C@H](n2cnc3c(N)nc(Cl)nc32)O[C@@H]1CO)C(=O)OC1CCCCC1. The molecule has 2 aromatic carbocycles. The van der Waals surface area contributed by atoms with Gasteiger partial charge in [-0.25, -0.2) is 9.55 Å². The molecule has 44 heavy (non-hydrogen) atoms. The number of nitrogens with two attached hydrogens (primary N) is 1. The Balaban J connectivity index is 1.27. The number of nitrogens with zero attached hydrogens (tertiary/aromatic N) is 4. The van der Waals surface area contributed by atoms with Gasteiger partial charge in [-0.1, -0.05) is 49.7 Å². The first kappa shape index (κ1) is 30.7.